The number of nitrogens with zero attached hydrogens (tertiary/aromatic N) is 1. The molecule has 0 radical (unpaired) electrons. The maximum atomic E-state index is 5.96. The average Bonchev–Trinajstić information content (AvgIpc) is 2.92. The van der Waals surface area contributed by atoms with Crippen molar-refractivity contribution in [2.75, 3.05) is 13.1 Å². The van der Waals surface area contributed by atoms with Crippen molar-refractivity contribution in [2.45, 2.75) is 77.8 Å². The zero-order chi connectivity index (χ0) is 13.6. The molecule has 0 amide bonds. The first kappa shape index (κ1) is 15.9. The molecule has 1 fully saturated rings. The van der Waals surface area contributed by atoms with Crippen LogP contribution in [0.3, 0.4) is 0 Å². The van der Waals surface area contributed by atoms with Crippen LogP contribution in [0.4, 0.5) is 0 Å². The normalized spacial score (nSPS) is 19.7. The Morgan fingerprint density at radius 3 is 1.94 bits per heavy atom. The molecular weight excluding hydrogens is 222 g/mol. The van der Waals surface area contributed by atoms with Crippen LogP contribution in [-0.2, 0) is 0 Å². The van der Waals surface area contributed by atoms with Gasteiger partial charge in [0.1, 0.15) is 0 Å². The summed E-state index contributed by atoms with van der Waals surface area (Å²) in [6, 6.07) is 0.440. The molecular formula is C15H33N3. The molecule has 0 aromatic carbocycles. The van der Waals surface area contributed by atoms with Crippen molar-refractivity contribution in [2.24, 2.45) is 11.8 Å². The molecule has 1 rings (SSSR count). The molecule has 0 spiro atoms. The van der Waals surface area contributed by atoms with Gasteiger partial charge in [0.2, 0.25) is 0 Å². The lowest BCUT2D eigenvalue weighted by Crippen LogP contribution is -2.64. The summed E-state index contributed by atoms with van der Waals surface area (Å²) >= 11 is 0. The number of nitrogens with one attached hydrogen (secondary N) is 1. The fourth-order valence-electron chi connectivity index (χ4n) is 4.21. The first-order chi connectivity index (χ1) is 8.69. The summed E-state index contributed by atoms with van der Waals surface area (Å²) in [5, 5.41) is 0. The largest absolute Gasteiger partial charge is 0.297 e. The summed E-state index contributed by atoms with van der Waals surface area (Å²) in [6.07, 6.45) is 7.80. The molecule has 3 heteroatoms. The Morgan fingerprint density at radius 1 is 1.11 bits per heavy atom. The van der Waals surface area contributed by atoms with Crippen LogP contribution in [-0.4, -0.2) is 29.6 Å². The second-order valence-corrected chi connectivity index (χ2v) is 5.67. The molecule has 18 heavy (non-hydrogen) atoms. The molecule has 0 heterocycles. The van der Waals surface area contributed by atoms with E-state index >= 15 is 0 Å². The highest BCUT2D eigenvalue weighted by atomic mass is 15.3. The zero-order valence-electron chi connectivity index (χ0n) is 12.8. The van der Waals surface area contributed by atoms with Gasteiger partial charge in [-0.1, -0.05) is 40.5 Å². The summed E-state index contributed by atoms with van der Waals surface area (Å²) in [7, 11) is 0. The van der Waals surface area contributed by atoms with E-state index in [1.807, 2.05) is 0 Å². The van der Waals surface area contributed by atoms with Crippen LogP contribution in [0.1, 0.15) is 66.2 Å². The van der Waals surface area contributed by atoms with Gasteiger partial charge in [-0.2, -0.15) is 0 Å². The van der Waals surface area contributed by atoms with Gasteiger partial charge in [-0.3, -0.25) is 16.2 Å². The highest BCUT2D eigenvalue weighted by Crippen LogP contribution is 2.38. The molecule has 1 saturated carbocycles. The summed E-state index contributed by atoms with van der Waals surface area (Å²) in [4.78, 5) is 2.62. The van der Waals surface area contributed by atoms with Crippen LogP contribution >= 0.6 is 0 Å². The van der Waals surface area contributed by atoms with Crippen molar-refractivity contribution in [3.63, 3.8) is 0 Å². The van der Waals surface area contributed by atoms with E-state index < -0.39 is 0 Å². The fourth-order valence-corrected chi connectivity index (χ4v) is 4.21. The van der Waals surface area contributed by atoms with Crippen LogP contribution in [0.5, 0.6) is 0 Å². The van der Waals surface area contributed by atoms with Gasteiger partial charge in [-0.15, -0.1) is 0 Å². The van der Waals surface area contributed by atoms with E-state index in [-0.39, 0.29) is 5.54 Å². The van der Waals surface area contributed by atoms with Gasteiger partial charge in [-0.05, 0) is 44.7 Å². The Morgan fingerprint density at radius 2 is 1.61 bits per heavy atom. The second kappa shape index (κ2) is 7.46. The van der Waals surface area contributed by atoms with Crippen LogP contribution in [0.25, 0.3) is 0 Å². The quantitative estimate of drug-likeness (QED) is 0.517. The molecule has 1 atom stereocenters. The minimum Gasteiger partial charge on any atom is -0.297 e. The van der Waals surface area contributed by atoms with Crippen LogP contribution in [0.15, 0.2) is 0 Å². The summed E-state index contributed by atoms with van der Waals surface area (Å²) in [6.45, 7) is 11.4. The molecule has 0 saturated heterocycles. The lowest BCUT2D eigenvalue weighted by molar-refractivity contribution is 0.0272. The van der Waals surface area contributed by atoms with E-state index in [1.54, 1.807) is 0 Å². The SMILES string of the molecule is CCN(CC)C(CC)(CC)C(NN)C1CCCC1. The number of hydrazine groups is 1. The molecule has 3 nitrogen and oxygen atoms in total. The van der Waals surface area contributed by atoms with E-state index in [0.717, 1.165) is 19.0 Å². The lowest BCUT2D eigenvalue weighted by atomic mass is 9.76. The maximum absolute atomic E-state index is 5.96. The van der Waals surface area contributed by atoms with Gasteiger partial charge in [0.25, 0.3) is 0 Å². The van der Waals surface area contributed by atoms with Crippen LogP contribution < -0.4 is 11.3 Å². The molecule has 3 N–H and O–H groups in total. The Balaban J connectivity index is 2.97. The smallest absolute Gasteiger partial charge is 0.0422 e. The average molecular weight is 255 g/mol. The van der Waals surface area contributed by atoms with E-state index in [9.17, 15) is 0 Å². The second-order valence-electron chi connectivity index (χ2n) is 5.67. The Labute approximate surface area is 113 Å². The van der Waals surface area contributed by atoms with Gasteiger partial charge < -0.3 is 0 Å². The molecule has 0 aromatic rings. The molecule has 0 aliphatic heterocycles. The number of rotatable bonds is 8. The van der Waals surface area contributed by atoms with Crippen molar-refractivity contribution in [1.82, 2.24) is 10.3 Å². The van der Waals surface area contributed by atoms with Crippen molar-refractivity contribution in [3.8, 4) is 0 Å². The topological polar surface area (TPSA) is 41.3 Å². The van der Waals surface area contributed by atoms with Crippen LogP contribution in [0.2, 0.25) is 0 Å². The van der Waals surface area contributed by atoms with Gasteiger partial charge in [0.05, 0.1) is 0 Å². The van der Waals surface area contributed by atoms with E-state index in [1.165, 1.54) is 38.5 Å². The van der Waals surface area contributed by atoms with Crippen LogP contribution in [0, 0.1) is 5.92 Å². The van der Waals surface area contributed by atoms with Crippen molar-refractivity contribution < 1.29 is 0 Å². The monoisotopic (exact) mass is 255 g/mol. The van der Waals surface area contributed by atoms with Gasteiger partial charge in [0.15, 0.2) is 0 Å². The summed E-state index contributed by atoms with van der Waals surface area (Å²) in [5.74, 6) is 6.72. The third kappa shape index (κ3) is 2.89. The Bertz CT molecular complexity index is 216. The summed E-state index contributed by atoms with van der Waals surface area (Å²) in [5.41, 5.74) is 3.42. The molecule has 0 bridgehead atoms. The molecule has 1 aliphatic rings. The first-order valence-corrected chi connectivity index (χ1v) is 7.91. The molecule has 108 valence electrons. The van der Waals surface area contributed by atoms with E-state index in [0.29, 0.717) is 6.04 Å². The Hall–Kier alpha value is -0.120. The predicted octanol–water partition coefficient (Wildman–Crippen LogP) is 2.91. The van der Waals surface area contributed by atoms with Crippen molar-refractivity contribution >= 4 is 0 Å². The number of nitrogens with two attached hydrogens (primary N) is 1. The number of likely N-dealkylation sites (N-methyl/N-ethyl adjacent to an activating group) is 1. The summed E-state index contributed by atoms with van der Waals surface area (Å²) < 4.78 is 0. The number of hydrogen-bond donors (Lipinski definition) is 2. The lowest BCUT2D eigenvalue weighted by Gasteiger charge is -2.49. The minimum absolute atomic E-state index is 0.229. The molecule has 1 unspecified atom stereocenters. The Kier molecular flexibility index (Phi) is 6.61. The highest BCUT2D eigenvalue weighted by Gasteiger charge is 2.43. The van der Waals surface area contributed by atoms with Gasteiger partial charge >= 0.3 is 0 Å². The molecule has 0 aromatic heterocycles. The maximum Gasteiger partial charge on any atom is 0.0422 e. The van der Waals surface area contributed by atoms with E-state index in [2.05, 4.69) is 38.0 Å². The first-order valence-electron chi connectivity index (χ1n) is 7.91. The van der Waals surface area contributed by atoms with Crippen molar-refractivity contribution in [3.05, 3.63) is 0 Å². The minimum atomic E-state index is 0.229. The molecule has 1 aliphatic carbocycles. The van der Waals surface area contributed by atoms with Gasteiger partial charge in [-0.25, -0.2) is 0 Å². The third-order valence-corrected chi connectivity index (χ3v) is 5.25. The fraction of sp³-hybridized carbons (Fsp3) is 1.00. The predicted molar refractivity (Wildman–Crippen MR) is 79.3 cm³/mol. The highest BCUT2D eigenvalue weighted by molar-refractivity contribution is 5.01. The van der Waals surface area contributed by atoms with Crippen molar-refractivity contribution in [1.29, 1.82) is 0 Å². The van der Waals surface area contributed by atoms with E-state index in [4.69, 9.17) is 5.84 Å². The zero-order valence-corrected chi connectivity index (χ0v) is 12.8. The third-order valence-electron chi connectivity index (χ3n) is 5.25. The number of hydrogen-bond acceptors (Lipinski definition) is 3. The van der Waals surface area contributed by atoms with Gasteiger partial charge in [0, 0.05) is 11.6 Å². The standard InChI is InChI=1S/C15H33N3/c1-5-15(6-2,18(7-3)8-4)14(17-16)13-11-9-10-12-13/h13-14,17H,5-12,16H2,1-4H3.